The van der Waals surface area contributed by atoms with E-state index in [2.05, 4.69) is 20.8 Å². The molecule has 0 radical (unpaired) electrons. The monoisotopic (exact) mass is 246 g/mol. The first-order valence-corrected chi connectivity index (χ1v) is 6.59. The van der Waals surface area contributed by atoms with Gasteiger partial charge in [0, 0.05) is 0 Å². The second-order valence-electron chi connectivity index (χ2n) is 4.89. The largest absolute Gasteiger partial charge is 0.507 e. The number of carbonyl (C=O) groups excluding carboxylic acids is 1. The van der Waals surface area contributed by atoms with Gasteiger partial charge in [0.05, 0.1) is 5.56 Å². The number of allylic oxidation sites excluding steroid dienone is 2. The van der Waals surface area contributed by atoms with Crippen molar-refractivity contribution in [1.82, 2.24) is 0 Å². The Kier molecular flexibility index (Phi) is 5.63. The Morgan fingerprint density at radius 3 is 2.56 bits per heavy atom. The Labute approximate surface area is 109 Å². The molecule has 0 saturated heterocycles. The maximum absolute atomic E-state index is 12.4. The summed E-state index contributed by atoms with van der Waals surface area (Å²) in [5.74, 6) is 0.357. The van der Waals surface area contributed by atoms with Crippen LogP contribution in [0.2, 0.25) is 0 Å². The van der Waals surface area contributed by atoms with E-state index in [0.29, 0.717) is 11.5 Å². The van der Waals surface area contributed by atoms with Crippen LogP contribution in [0.25, 0.3) is 0 Å². The number of hydrogen-bond acceptors (Lipinski definition) is 2. The highest BCUT2D eigenvalue weighted by Gasteiger charge is 2.15. The molecule has 0 saturated carbocycles. The lowest BCUT2D eigenvalue weighted by Gasteiger charge is -2.09. The van der Waals surface area contributed by atoms with Crippen molar-refractivity contribution in [1.29, 1.82) is 0 Å². The highest BCUT2D eigenvalue weighted by Crippen LogP contribution is 2.23. The molecule has 0 bridgehead atoms. The second-order valence-corrected chi connectivity index (χ2v) is 4.89. The number of unbranched alkanes of at least 4 members (excludes halogenated alkanes) is 1. The molecule has 0 unspecified atom stereocenters. The molecule has 0 aliphatic heterocycles. The van der Waals surface area contributed by atoms with Gasteiger partial charge in [0.15, 0.2) is 5.78 Å². The summed E-state index contributed by atoms with van der Waals surface area (Å²) >= 11 is 0. The van der Waals surface area contributed by atoms with E-state index in [1.165, 1.54) is 0 Å². The topological polar surface area (TPSA) is 37.3 Å². The van der Waals surface area contributed by atoms with Crippen molar-refractivity contribution in [2.45, 2.75) is 40.0 Å². The molecule has 1 aromatic rings. The summed E-state index contributed by atoms with van der Waals surface area (Å²) in [5, 5.41) is 9.74. The summed E-state index contributed by atoms with van der Waals surface area (Å²) in [6.45, 7) is 6.23. The average molecular weight is 246 g/mol. The molecular formula is C16H22O2. The minimum absolute atomic E-state index is 0.0461. The standard InChI is InChI=1S/C16H22O2/c1-4-5-8-13(11-12(2)3)16(18)14-9-6-7-10-15(14)17/h6-7,9-12,17H,4-5,8H2,1-3H3. The summed E-state index contributed by atoms with van der Waals surface area (Å²) in [6.07, 6.45) is 4.84. The lowest BCUT2D eigenvalue weighted by atomic mass is 9.95. The molecule has 2 heteroatoms. The third kappa shape index (κ3) is 4.02. The molecule has 0 amide bonds. The van der Waals surface area contributed by atoms with Gasteiger partial charge in [-0.1, -0.05) is 45.4 Å². The number of carbonyl (C=O) groups is 1. The maximum Gasteiger partial charge on any atom is 0.192 e. The molecule has 2 nitrogen and oxygen atoms in total. The minimum atomic E-state index is -0.0461. The van der Waals surface area contributed by atoms with Crippen molar-refractivity contribution in [2.75, 3.05) is 0 Å². The van der Waals surface area contributed by atoms with Crippen molar-refractivity contribution in [3.63, 3.8) is 0 Å². The zero-order chi connectivity index (χ0) is 13.5. The molecule has 0 aliphatic rings. The fourth-order valence-corrected chi connectivity index (χ4v) is 1.88. The van der Waals surface area contributed by atoms with Gasteiger partial charge in [0.25, 0.3) is 0 Å². The highest BCUT2D eigenvalue weighted by atomic mass is 16.3. The van der Waals surface area contributed by atoms with E-state index in [-0.39, 0.29) is 11.5 Å². The predicted molar refractivity (Wildman–Crippen MR) is 74.9 cm³/mol. The normalized spacial score (nSPS) is 11.9. The summed E-state index contributed by atoms with van der Waals surface area (Å²) in [7, 11) is 0. The molecule has 98 valence electrons. The van der Waals surface area contributed by atoms with E-state index in [1.54, 1.807) is 24.3 Å². The summed E-state index contributed by atoms with van der Waals surface area (Å²) in [5.41, 5.74) is 1.22. The van der Waals surface area contributed by atoms with Gasteiger partial charge in [-0.15, -0.1) is 0 Å². The molecule has 18 heavy (non-hydrogen) atoms. The molecule has 1 aromatic carbocycles. The van der Waals surface area contributed by atoms with Crippen LogP contribution in [0.1, 0.15) is 50.4 Å². The van der Waals surface area contributed by atoms with Crippen LogP contribution in [0, 0.1) is 5.92 Å². The average Bonchev–Trinajstić information content (AvgIpc) is 2.34. The Balaban J connectivity index is 2.99. The molecule has 0 aromatic heterocycles. The van der Waals surface area contributed by atoms with E-state index in [0.717, 1.165) is 24.8 Å². The maximum atomic E-state index is 12.4. The lowest BCUT2D eigenvalue weighted by molar-refractivity contribution is 0.102. The summed E-state index contributed by atoms with van der Waals surface area (Å²) in [4.78, 5) is 12.4. The predicted octanol–water partition coefficient (Wildman–Crippen LogP) is 4.35. The van der Waals surface area contributed by atoms with E-state index >= 15 is 0 Å². The van der Waals surface area contributed by atoms with Crippen molar-refractivity contribution in [2.24, 2.45) is 5.92 Å². The third-order valence-electron chi connectivity index (χ3n) is 2.77. The molecule has 0 heterocycles. The Hall–Kier alpha value is -1.57. The summed E-state index contributed by atoms with van der Waals surface area (Å²) < 4.78 is 0. The Bertz CT molecular complexity index is 430. The first-order chi connectivity index (χ1) is 8.56. The van der Waals surface area contributed by atoms with E-state index in [4.69, 9.17) is 0 Å². The van der Waals surface area contributed by atoms with Crippen LogP contribution in [-0.4, -0.2) is 10.9 Å². The number of rotatable bonds is 6. The van der Waals surface area contributed by atoms with Crippen LogP contribution in [0.4, 0.5) is 0 Å². The van der Waals surface area contributed by atoms with Crippen LogP contribution in [0.5, 0.6) is 5.75 Å². The van der Waals surface area contributed by atoms with E-state index in [9.17, 15) is 9.90 Å². The van der Waals surface area contributed by atoms with Crippen LogP contribution in [0.15, 0.2) is 35.9 Å². The number of hydrogen-bond donors (Lipinski definition) is 1. The van der Waals surface area contributed by atoms with Gasteiger partial charge < -0.3 is 5.11 Å². The zero-order valence-corrected chi connectivity index (χ0v) is 11.4. The molecule has 0 atom stereocenters. The number of phenols is 1. The van der Waals surface area contributed by atoms with Gasteiger partial charge in [0.2, 0.25) is 0 Å². The molecule has 0 fully saturated rings. The molecule has 0 spiro atoms. The third-order valence-corrected chi connectivity index (χ3v) is 2.77. The minimum Gasteiger partial charge on any atom is -0.507 e. The van der Waals surface area contributed by atoms with Crippen LogP contribution in [0.3, 0.4) is 0 Å². The van der Waals surface area contributed by atoms with Crippen LogP contribution >= 0.6 is 0 Å². The second kappa shape index (κ2) is 7.00. The molecule has 1 rings (SSSR count). The van der Waals surface area contributed by atoms with Crippen molar-refractivity contribution >= 4 is 5.78 Å². The first-order valence-electron chi connectivity index (χ1n) is 6.59. The van der Waals surface area contributed by atoms with E-state index < -0.39 is 0 Å². The zero-order valence-electron chi connectivity index (χ0n) is 11.4. The number of Topliss-reactive ketones (excluding diaryl/α,β-unsaturated/α-hetero) is 1. The smallest absolute Gasteiger partial charge is 0.192 e. The lowest BCUT2D eigenvalue weighted by Crippen LogP contribution is -2.05. The molecule has 1 N–H and O–H groups in total. The van der Waals surface area contributed by atoms with Crippen molar-refractivity contribution in [3.8, 4) is 5.75 Å². The number of benzene rings is 1. The fourth-order valence-electron chi connectivity index (χ4n) is 1.88. The van der Waals surface area contributed by atoms with Crippen LogP contribution < -0.4 is 0 Å². The number of phenolic OH excluding ortho intramolecular Hbond substituents is 1. The number of para-hydroxylation sites is 1. The first kappa shape index (κ1) is 14.5. The quantitative estimate of drug-likeness (QED) is 0.598. The number of aromatic hydroxyl groups is 1. The Morgan fingerprint density at radius 1 is 1.33 bits per heavy atom. The van der Waals surface area contributed by atoms with Crippen molar-refractivity contribution in [3.05, 3.63) is 41.5 Å². The van der Waals surface area contributed by atoms with Gasteiger partial charge in [-0.2, -0.15) is 0 Å². The van der Waals surface area contributed by atoms with Gasteiger partial charge >= 0.3 is 0 Å². The number of ketones is 1. The van der Waals surface area contributed by atoms with Crippen LogP contribution in [-0.2, 0) is 0 Å². The highest BCUT2D eigenvalue weighted by molar-refractivity contribution is 6.10. The summed E-state index contributed by atoms with van der Waals surface area (Å²) in [6, 6.07) is 6.74. The van der Waals surface area contributed by atoms with Gasteiger partial charge in [-0.05, 0) is 36.5 Å². The van der Waals surface area contributed by atoms with Gasteiger partial charge in [0.1, 0.15) is 5.75 Å². The molecular weight excluding hydrogens is 224 g/mol. The molecule has 0 aliphatic carbocycles. The van der Waals surface area contributed by atoms with Crippen molar-refractivity contribution < 1.29 is 9.90 Å². The Morgan fingerprint density at radius 2 is 2.00 bits per heavy atom. The van der Waals surface area contributed by atoms with Gasteiger partial charge in [-0.25, -0.2) is 0 Å². The van der Waals surface area contributed by atoms with E-state index in [1.807, 2.05) is 6.08 Å². The fraction of sp³-hybridized carbons (Fsp3) is 0.438. The SMILES string of the molecule is CCCCC(=CC(C)C)C(=O)c1ccccc1O. The van der Waals surface area contributed by atoms with Gasteiger partial charge in [-0.3, -0.25) is 4.79 Å².